The normalized spacial score (nSPS) is 11.5. The van der Waals surface area contributed by atoms with Crippen molar-refractivity contribution in [1.82, 2.24) is 0 Å². The number of anilines is 3. The molecule has 0 spiro atoms. The van der Waals surface area contributed by atoms with Crippen LogP contribution in [0.3, 0.4) is 0 Å². The molecule has 216 valence electrons. The summed E-state index contributed by atoms with van der Waals surface area (Å²) in [6.45, 7) is 0. The molecule has 0 radical (unpaired) electrons. The lowest BCUT2D eigenvalue weighted by Gasteiger charge is -2.27. The highest BCUT2D eigenvalue weighted by Crippen LogP contribution is 2.45. The predicted octanol–water partition coefficient (Wildman–Crippen LogP) is 12.7. The van der Waals surface area contributed by atoms with Gasteiger partial charge in [-0.05, 0) is 80.9 Å². The molecular weight excluding hydrogens is 558 g/mol. The van der Waals surface area contributed by atoms with Gasteiger partial charge in [0.05, 0.1) is 11.1 Å². The average Bonchev–Trinajstić information content (AvgIpc) is 3.53. The Balaban J connectivity index is 1.26. The first kappa shape index (κ1) is 26.3. The number of benzene rings is 8. The highest BCUT2D eigenvalue weighted by atomic mass is 16.3. The van der Waals surface area contributed by atoms with Gasteiger partial charge in [-0.1, -0.05) is 133 Å². The van der Waals surface area contributed by atoms with Crippen molar-refractivity contribution in [3.63, 3.8) is 0 Å². The minimum atomic E-state index is 0.875. The number of nitrogens with zero attached hydrogens (tertiary/aromatic N) is 1. The lowest BCUT2D eigenvalue weighted by atomic mass is 9.98. The number of furan rings is 1. The molecule has 1 aromatic heterocycles. The fraction of sp³-hybridized carbons (Fsp3) is 0. The first-order chi connectivity index (χ1) is 22.8. The maximum absolute atomic E-state index is 6.61. The second kappa shape index (κ2) is 10.8. The summed E-state index contributed by atoms with van der Waals surface area (Å²) >= 11 is 0. The van der Waals surface area contributed by atoms with Crippen molar-refractivity contribution >= 4 is 60.5 Å². The fourth-order valence-electron chi connectivity index (χ4n) is 6.87. The van der Waals surface area contributed by atoms with Crippen LogP contribution in [0.25, 0.3) is 65.7 Å². The van der Waals surface area contributed by atoms with Crippen LogP contribution in [0.1, 0.15) is 0 Å². The van der Waals surface area contributed by atoms with E-state index in [0.717, 1.165) is 44.4 Å². The zero-order valence-corrected chi connectivity index (χ0v) is 25.1. The number of hydrogen-bond donors (Lipinski definition) is 0. The van der Waals surface area contributed by atoms with Crippen molar-refractivity contribution < 1.29 is 4.42 Å². The van der Waals surface area contributed by atoms with Gasteiger partial charge in [0.25, 0.3) is 0 Å². The standard InChI is InChI=1S/C44H29NO/c1-2-11-30(12-3-1)34-16-8-17-36(29-34)45(35-26-23-33(24-27-35)38-20-9-15-31-13-4-6-18-37(31)38)41-21-10-22-42-43(41)40-28-25-32-14-5-7-19-39(32)44(40)46-42/h1-29H. The number of fused-ring (bicyclic) bond motifs is 6. The molecular formula is C44H29NO. The Hall–Kier alpha value is -6.12. The van der Waals surface area contributed by atoms with Crippen molar-refractivity contribution in [1.29, 1.82) is 0 Å². The molecule has 1 heterocycles. The third-order valence-electron chi connectivity index (χ3n) is 9.04. The summed E-state index contributed by atoms with van der Waals surface area (Å²) in [5.74, 6) is 0. The maximum Gasteiger partial charge on any atom is 0.143 e. The Morgan fingerprint density at radius 2 is 1.07 bits per heavy atom. The van der Waals surface area contributed by atoms with Crippen LogP contribution < -0.4 is 4.90 Å². The van der Waals surface area contributed by atoms with Crippen molar-refractivity contribution in [3.8, 4) is 22.3 Å². The predicted molar refractivity (Wildman–Crippen MR) is 194 cm³/mol. The van der Waals surface area contributed by atoms with Gasteiger partial charge in [-0.15, -0.1) is 0 Å². The molecule has 0 atom stereocenters. The second-order valence-corrected chi connectivity index (χ2v) is 11.7. The van der Waals surface area contributed by atoms with Crippen LogP contribution in [-0.4, -0.2) is 0 Å². The Bertz CT molecular complexity index is 2520. The Labute approximate surface area is 267 Å². The van der Waals surface area contributed by atoms with Crippen molar-refractivity contribution in [3.05, 3.63) is 176 Å². The van der Waals surface area contributed by atoms with E-state index in [1.807, 2.05) is 0 Å². The van der Waals surface area contributed by atoms with E-state index in [1.165, 1.54) is 38.4 Å². The summed E-state index contributed by atoms with van der Waals surface area (Å²) in [6, 6.07) is 62.7. The van der Waals surface area contributed by atoms with E-state index in [-0.39, 0.29) is 0 Å². The van der Waals surface area contributed by atoms with Gasteiger partial charge in [0.1, 0.15) is 11.2 Å². The zero-order chi connectivity index (χ0) is 30.5. The summed E-state index contributed by atoms with van der Waals surface area (Å²) < 4.78 is 6.61. The molecule has 0 unspecified atom stereocenters. The van der Waals surface area contributed by atoms with Gasteiger partial charge >= 0.3 is 0 Å². The van der Waals surface area contributed by atoms with Gasteiger partial charge in [-0.2, -0.15) is 0 Å². The highest BCUT2D eigenvalue weighted by Gasteiger charge is 2.21. The van der Waals surface area contributed by atoms with E-state index < -0.39 is 0 Å². The topological polar surface area (TPSA) is 16.4 Å². The van der Waals surface area contributed by atoms with Gasteiger partial charge in [0.15, 0.2) is 0 Å². The second-order valence-electron chi connectivity index (χ2n) is 11.7. The van der Waals surface area contributed by atoms with E-state index in [1.54, 1.807) is 0 Å². The van der Waals surface area contributed by atoms with Crippen molar-refractivity contribution in [2.45, 2.75) is 0 Å². The minimum Gasteiger partial charge on any atom is -0.455 e. The Kier molecular flexibility index (Phi) is 6.17. The third-order valence-corrected chi connectivity index (χ3v) is 9.04. The molecule has 9 rings (SSSR count). The Morgan fingerprint density at radius 3 is 1.91 bits per heavy atom. The molecule has 0 bridgehead atoms. The molecule has 2 heteroatoms. The third kappa shape index (κ3) is 4.35. The van der Waals surface area contributed by atoms with Crippen LogP contribution in [0.15, 0.2) is 180 Å². The number of hydrogen-bond acceptors (Lipinski definition) is 2. The van der Waals surface area contributed by atoms with Gasteiger partial charge in [0.2, 0.25) is 0 Å². The van der Waals surface area contributed by atoms with Crippen molar-refractivity contribution in [2.24, 2.45) is 0 Å². The van der Waals surface area contributed by atoms with Crippen LogP contribution >= 0.6 is 0 Å². The SMILES string of the molecule is c1ccc(-c2cccc(N(c3ccc(-c4cccc5ccccc45)cc3)c3cccc4oc5c6ccccc6ccc5c34)c2)cc1. The van der Waals surface area contributed by atoms with Crippen LogP contribution in [0.4, 0.5) is 17.1 Å². The molecule has 46 heavy (non-hydrogen) atoms. The van der Waals surface area contributed by atoms with Crippen molar-refractivity contribution in [2.75, 3.05) is 4.90 Å². The molecule has 0 saturated carbocycles. The average molecular weight is 588 g/mol. The summed E-state index contributed by atoms with van der Waals surface area (Å²) in [5.41, 5.74) is 9.83. The molecule has 0 aliphatic heterocycles. The van der Waals surface area contributed by atoms with Gasteiger partial charge in [0, 0.05) is 22.1 Å². The number of rotatable bonds is 5. The molecule has 8 aromatic carbocycles. The molecule has 9 aromatic rings. The van der Waals surface area contributed by atoms with E-state index in [0.29, 0.717) is 0 Å². The lowest BCUT2D eigenvalue weighted by molar-refractivity contribution is 0.672. The van der Waals surface area contributed by atoms with Crippen LogP contribution in [0.2, 0.25) is 0 Å². The summed E-state index contributed by atoms with van der Waals surface area (Å²) in [5, 5.41) is 7.01. The van der Waals surface area contributed by atoms with Crippen LogP contribution in [0, 0.1) is 0 Å². The highest BCUT2D eigenvalue weighted by molar-refractivity contribution is 6.19. The first-order valence-electron chi connectivity index (χ1n) is 15.7. The molecule has 2 nitrogen and oxygen atoms in total. The van der Waals surface area contributed by atoms with Gasteiger partial charge in [-0.25, -0.2) is 0 Å². The van der Waals surface area contributed by atoms with Crippen LogP contribution in [0.5, 0.6) is 0 Å². The van der Waals surface area contributed by atoms with Gasteiger partial charge in [-0.3, -0.25) is 0 Å². The monoisotopic (exact) mass is 587 g/mol. The molecule has 0 aliphatic rings. The van der Waals surface area contributed by atoms with Crippen LogP contribution in [-0.2, 0) is 0 Å². The zero-order valence-electron chi connectivity index (χ0n) is 25.1. The molecule has 0 amide bonds. The molecule has 0 fully saturated rings. The molecule has 0 aliphatic carbocycles. The van der Waals surface area contributed by atoms with E-state index in [9.17, 15) is 0 Å². The minimum absolute atomic E-state index is 0.875. The van der Waals surface area contributed by atoms with E-state index >= 15 is 0 Å². The summed E-state index contributed by atoms with van der Waals surface area (Å²) in [6.07, 6.45) is 0. The smallest absolute Gasteiger partial charge is 0.143 e. The summed E-state index contributed by atoms with van der Waals surface area (Å²) in [4.78, 5) is 2.37. The largest absolute Gasteiger partial charge is 0.455 e. The van der Waals surface area contributed by atoms with E-state index in [4.69, 9.17) is 4.42 Å². The first-order valence-corrected chi connectivity index (χ1v) is 15.7. The van der Waals surface area contributed by atoms with Gasteiger partial charge < -0.3 is 9.32 Å². The molecule has 0 saturated heterocycles. The lowest BCUT2D eigenvalue weighted by Crippen LogP contribution is -2.10. The summed E-state index contributed by atoms with van der Waals surface area (Å²) in [7, 11) is 0. The fourth-order valence-corrected chi connectivity index (χ4v) is 6.87. The Morgan fingerprint density at radius 1 is 0.391 bits per heavy atom. The van der Waals surface area contributed by atoms with E-state index in [2.05, 4.69) is 181 Å². The molecule has 0 N–H and O–H groups in total. The quantitative estimate of drug-likeness (QED) is 0.199. The maximum atomic E-state index is 6.61.